The van der Waals surface area contributed by atoms with Crippen molar-refractivity contribution in [2.24, 2.45) is 0 Å². The number of amides is 1. The highest BCUT2D eigenvalue weighted by atomic mass is 32.2. The van der Waals surface area contributed by atoms with Crippen LogP contribution >= 0.6 is 11.8 Å². The van der Waals surface area contributed by atoms with E-state index < -0.39 is 0 Å². The molecule has 0 saturated carbocycles. The number of hydrogen-bond donors (Lipinski definition) is 0. The number of rotatable bonds is 2. The van der Waals surface area contributed by atoms with E-state index >= 15 is 0 Å². The van der Waals surface area contributed by atoms with Crippen LogP contribution < -0.4 is 0 Å². The number of carbonyl (C=O) groups excluding carboxylic acids is 1. The number of thioether (sulfide) groups is 1. The van der Waals surface area contributed by atoms with Gasteiger partial charge in [0.05, 0.1) is 19.1 Å². The number of aryl methyl sites for hydroxylation is 1. The van der Waals surface area contributed by atoms with Crippen molar-refractivity contribution in [3.63, 3.8) is 0 Å². The van der Waals surface area contributed by atoms with E-state index in [4.69, 9.17) is 9.15 Å². The topological polar surface area (TPSA) is 68.5 Å². The third-order valence-electron chi connectivity index (χ3n) is 4.24. The highest BCUT2D eigenvalue weighted by molar-refractivity contribution is 7.99. The fourth-order valence-corrected chi connectivity index (χ4v) is 4.31. The lowest BCUT2D eigenvalue weighted by atomic mass is 9.98. The number of benzene rings is 1. The lowest BCUT2D eigenvalue weighted by Crippen LogP contribution is -2.45. The van der Waals surface area contributed by atoms with Gasteiger partial charge >= 0.3 is 0 Å². The molecule has 3 heterocycles. The van der Waals surface area contributed by atoms with Crippen molar-refractivity contribution in [3.8, 4) is 0 Å². The van der Waals surface area contributed by atoms with E-state index in [0.29, 0.717) is 31.5 Å². The van der Waals surface area contributed by atoms with Crippen molar-refractivity contribution in [3.05, 3.63) is 41.6 Å². The standard InChI is InChI=1S/C16H17N3O3S/c1-10-17-18-15(22-10)13-8-21-7-6-19(13)16(20)12-9-23-14-5-3-2-4-11(12)14/h2-5,12-13H,6-9H2,1H3/t12-,13-/m1/s1. The highest BCUT2D eigenvalue weighted by Crippen LogP contribution is 2.41. The minimum atomic E-state index is -0.296. The molecule has 1 fully saturated rings. The maximum atomic E-state index is 13.1. The third-order valence-corrected chi connectivity index (χ3v) is 5.42. The van der Waals surface area contributed by atoms with Gasteiger partial charge in [0, 0.05) is 24.1 Å². The zero-order chi connectivity index (χ0) is 15.8. The average molecular weight is 331 g/mol. The maximum Gasteiger partial charge on any atom is 0.241 e. The van der Waals surface area contributed by atoms with Gasteiger partial charge in [-0.3, -0.25) is 4.79 Å². The summed E-state index contributed by atoms with van der Waals surface area (Å²) in [5, 5.41) is 7.95. The van der Waals surface area contributed by atoms with Crippen LogP contribution in [0.5, 0.6) is 0 Å². The molecular weight excluding hydrogens is 314 g/mol. The van der Waals surface area contributed by atoms with Crippen LogP contribution in [-0.4, -0.2) is 46.5 Å². The Balaban J connectivity index is 1.61. The molecule has 4 rings (SSSR count). The summed E-state index contributed by atoms with van der Waals surface area (Å²) in [6.45, 7) is 3.23. The van der Waals surface area contributed by atoms with Crippen molar-refractivity contribution in [2.45, 2.75) is 23.8 Å². The van der Waals surface area contributed by atoms with Crippen LogP contribution in [0.1, 0.15) is 29.3 Å². The number of aromatic nitrogens is 2. The van der Waals surface area contributed by atoms with Crippen LogP contribution in [-0.2, 0) is 9.53 Å². The summed E-state index contributed by atoms with van der Waals surface area (Å²) >= 11 is 1.74. The predicted octanol–water partition coefficient (Wildman–Crippen LogP) is 2.17. The molecule has 0 bridgehead atoms. The predicted molar refractivity (Wildman–Crippen MR) is 84.2 cm³/mol. The monoisotopic (exact) mass is 331 g/mol. The number of nitrogens with zero attached hydrogens (tertiary/aromatic N) is 3. The highest BCUT2D eigenvalue weighted by Gasteiger charge is 2.38. The zero-order valence-corrected chi connectivity index (χ0v) is 13.6. The van der Waals surface area contributed by atoms with Crippen LogP contribution in [0.4, 0.5) is 0 Å². The van der Waals surface area contributed by atoms with Crippen LogP contribution in [0.15, 0.2) is 33.6 Å². The molecule has 0 radical (unpaired) electrons. The molecule has 1 saturated heterocycles. The zero-order valence-electron chi connectivity index (χ0n) is 12.8. The molecule has 2 atom stereocenters. The lowest BCUT2D eigenvalue weighted by Gasteiger charge is -2.35. The molecule has 120 valence electrons. The van der Waals surface area contributed by atoms with Gasteiger partial charge in [-0.2, -0.15) is 0 Å². The Hall–Kier alpha value is -1.86. The molecule has 1 amide bonds. The van der Waals surface area contributed by atoms with E-state index in [2.05, 4.69) is 16.3 Å². The van der Waals surface area contributed by atoms with Crippen LogP contribution in [0.25, 0.3) is 0 Å². The Morgan fingerprint density at radius 2 is 2.22 bits per heavy atom. The Morgan fingerprint density at radius 1 is 1.35 bits per heavy atom. The normalized spacial score (nSPS) is 23.8. The minimum absolute atomic E-state index is 0.110. The first-order valence-corrected chi connectivity index (χ1v) is 8.62. The molecule has 0 N–H and O–H groups in total. The van der Waals surface area contributed by atoms with E-state index in [0.717, 1.165) is 11.3 Å². The van der Waals surface area contributed by atoms with Crippen molar-refractivity contribution >= 4 is 17.7 Å². The van der Waals surface area contributed by atoms with E-state index in [9.17, 15) is 4.79 Å². The second kappa shape index (κ2) is 5.98. The number of hydrogen-bond acceptors (Lipinski definition) is 6. The smallest absolute Gasteiger partial charge is 0.241 e. The Bertz CT molecular complexity index is 733. The first-order chi connectivity index (χ1) is 11.2. The largest absolute Gasteiger partial charge is 0.423 e. The Morgan fingerprint density at radius 3 is 3.04 bits per heavy atom. The van der Waals surface area contributed by atoms with Crippen LogP contribution in [0.2, 0.25) is 0 Å². The van der Waals surface area contributed by atoms with Crippen molar-refractivity contribution < 1.29 is 13.9 Å². The molecule has 6 nitrogen and oxygen atoms in total. The van der Waals surface area contributed by atoms with Gasteiger partial charge in [-0.25, -0.2) is 0 Å². The van der Waals surface area contributed by atoms with Gasteiger partial charge < -0.3 is 14.1 Å². The molecule has 2 aliphatic heterocycles. The number of carbonyl (C=O) groups is 1. The Labute approximate surface area is 138 Å². The third kappa shape index (κ3) is 2.64. The maximum absolute atomic E-state index is 13.1. The van der Waals surface area contributed by atoms with Gasteiger partial charge in [-0.05, 0) is 11.6 Å². The van der Waals surface area contributed by atoms with Crippen LogP contribution in [0, 0.1) is 6.92 Å². The first kappa shape index (κ1) is 14.7. The van der Waals surface area contributed by atoms with Gasteiger partial charge in [0.1, 0.15) is 6.04 Å². The molecular formula is C16H17N3O3S. The molecule has 23 heavy (non-hydrogen) atoms. The fourth-order valence-electron chi connectivity index (χ4n) is 3.09. The molecule has 2 aliphatic rings. The number of fused-ring (bicyclic) bond motifs is 1. The summed E-state index contributed by atoms with van der Waals surface area (Å²) in [6.07, 6.45) is 0. The quantitative estimate of drug-likeness (QED) is 0.840. The van der Waals surface area contributed by atoms with E-state index in [-0.39, 0.29) is 17.9 Å². The lowest BCUT2D eigenvalue weighted by molar-refractivity contribution is -0.142. The molecule has 0 spiro atoms. The number of ether oxygens (including phenoxy) is 1. The molecule has 1 aromatic heterocycles. The summed E-state index contributed by atoms with van der Waals surface area (Å²) in [5.41, 5.74) is 1.12. The van der Waals surface area contributed by atoms with Gasteiger partial charge in [0.15, 0.2) is 0 Å². The Kier molecular flexibility index (Phi) is 3.82. The summed E-state index contributed by atoms with van der Waals surface area (Å²) in [6, 6.07) is 7.83. The summed E-state index contributed by atoms with van der Waals surface area (Å²) in [5.74, 6) is 1.74. The van der Waals surface area contributed by atoms with Gasteiger partial charge in [0.25, 0.3) is 0 Å². The molecule has 7 heteroatoms. The second-order valence-electron chi connectivity index (χ2n) is 5.68. The summed E-state index contributed by atoms with van der Waals surface area (Å²) in [4.78, 5) is 16.2. The van der Waals surface area contributed by atoms with Crippen molar-refractivity contribution in [1.82, 2.24) is 15.1 Å². The first-order valence-electron chi connectivity index (χ1n) is 7.64. The summed E-state index contributed by atoms with van der Waals surface area (Å²) < 4.78 is 11.1. The fraction of sp³-hybridized carbons (Fsp3) is 0.438. The molecule has 2 aromatic rings. The summed E-state index contributed by atoms with van der Waals surface area (Å²) in [7, 11) is 0. The average Bonchev–Trinajstić information content (AvgIpc) is 3.20. The van der Waals surface area contributed by atoms with E-state index in [1.165, 1.54) is 4.90 Å². The van der Waals surface area contributed by atoms with E-state index in [1.54, 1.807) is 18.7 Å². The number of morpholine rings is 1. The van der Waals surface area contributed by atoms with Gasteiger partial charge in [-0.15, -0.1) is 22.0 Å². The SMILES string of the molecule is Cc1nnc([C@H]2COCCN2C(=O)[C@@H]2CSc3ccccc32)o1. The van der Waals surface area contributed by atoms with Gasteiger partial charge in [0.2, 0.25) is 17.7 Å². The second-order valence-corrected chi connectivity index (χ2v) is 6.74. The molecule has 0 unspecified atom stereocenters. The van der Waals surface area contributed by atoms with Crippen molar-refractivity contribution in [1.29, 1.82) is 0 Å². The minimum Gasteiger partial charge on any atom is -0.423 e. The molecule has 0 aliphatic carbocycles. The van der Waals surface area contributed by atoms with E-state index in [1.807, 2.05) is 23.1 Å². The van der Waals surface area contributed by atoms with Gasteiger partial charge in [-0.1, -0.05) is 18.2 Å². The van der Waals surface area contributed by atoms with Crippen LogP contribution in [0.3, 0.4) is 0 Å². The van der Waals surface area contributed by atoms with Crippen molar-refractivity contribution in [2.75, 3.05) is 25.5 Å². The molecule has 1 aromatic carbocycles.